The Kier molecular flexibility index (Phi) is 8.64. The smallest absolute Gasteiger partial charge is 0.263 e. The fourth-order valence-corrected chi connectivity index (χ4v) is 6.06. The molecule has 8 nitrogen and oxygen atoms in total. The highest BCUT2D eigenvalue weighted by Gasteiger charge is 2.23. The van der Waals surface area contributed by atoms with E-state index in [4.69, 9.17) is 14.5 Å². The summed E-state index contributed by atoms with van der Waals surface area (Å²) in [6, 6.07) is 5.73. The lowest BCUT2D eigenvalue weighted by atomic mass is 9.97. The van der Waals surface area contributed by atoms with Gasteiger partial charge in [-0.2, -0.15) is 0 Å². The topological polar surface area (TPSA) is 85.7 Å². The Balaban J connectivity index is 1.54. The molecule has 0 bridgehead atoms. The molecule has 0 fully saturated rings. The van der Waals surface area contributed by atoms with Gasteiger partial charge in [-0.3, -0.25) is 19.1 Å². The molecule has 1 aliphatic rings. The molecule has 36 heavy (non-hydrogen) atoms. The summed E-state index contributed by atoms with van der Waals surface area (Å²) >= 11 is 1.65. The molecule has 2 aromatic heterocycles. The maximum absolute atomic E-state index is 13.7. The molecule has 0 atom stereocenters. The first-order valence-corrected chi connectivity index (χ1v) is 13.5. The number of aryl methyl sites for hydroxylation is 2. The molecule has 9 heteroatoms. The van der Waals surface area contributed by atoms with Crippen LogP contribution < -0.4 is 20.3 Å². The average Bonchev–Trinajstić information content (AvgIpc) is 3.27. The van der Waals surface area contributed by atoms with Crippen molar-refractivity contribution in [3.63, 3.8) is 0 Å². The minimum absolute atomic E-state index is 0.0328. The van der Waals surface area contributed by atoms with Crippen molar-refractivity contribution in [2.75, 3.05) is 33.9 Å². The van der Waals surface area contributed by atoms with E-state index in [9.17, 15) is 9.59 Å². The fraction of sp³-hybridized carbons (Fsp3) is 0.519. The largest absolute Gasteiger partial charge is 0.493 e. The van der Waals surface area contributed by atoms with Gasteiger partial charge in [-0.1, -0.05) is 19.9 Å². The van der Waals surface area contributed by atoms with Gasteiger partial charge in [0.15, 0.2) is 11.5 Å². The fourth-order valence-electron chi connectivity index (χ4n) is 4.79. The lowest BCUT2D eigenvalue weighted by molar-refractivity contribution is -0.121. The van der Waals surface area contributed by atoms with Gasteiger partial charge in [0.1, 0.15) is 17.2 Å². The molecule has 1 aromatic carbocycles. The number of thiophene rings is 1. The van der Waals surface area contributed by atoms with Crippen molar-refractivity contribution in [3.8, 4) is 11.5 Å². The number of aromatic nitrogens is 2. The lowest BCUT2D eigenvalue weighted by Gasteiger charge is -2.20. The number of nitrogens with one attached hydrogen (secondary N) is 1. The normalized spacial score (nSPS) is 13.1. The van der Waals surface area contributed by atoms with Crippen LogP contribution in [0.15, 0.2) is 23.0 Å². The van der Waals surface area contributed by atoms with E-state index in [-0.39, 0.29) is 18.0 Å². The number of carbonyl (C=O) groups excluding carboxylic acids is 1. The van der Waals surface area contributed by atoms with Crippen LogP contribution in [0.5, 0.6) is 11.5 Å². The highest BCUT2D eigenvalue weighted by Crippen LogP contribution is 2.34. The zero-order chi connectivity index (χ0) is 25.7. The van der Waals surface area contributed by atoms with E-state index in [1.807, 2.05) is 18.2 Å². The second kappa shape index (κ2) is 11.9. The number of amides is 1. The third-order valence-corrected chi connectivity index (χ3v) is 8.08. The Labute approximate surface area is 216 Å². The summed E-state index contributed by atoms with van der Waals surface area (Å²) in [5, 5.41) is 3.69. The molecule has 0 saturated heterocycles. The van der Waals surface area contributed by atoms with Crippen LogP contribution in [0.3, 0.4) is 0 Å². The number of carbonyl (C=O) groups is 1. The summed E-state index contributed by atoms with van der Waals surface area (Å²) in [5.41, 5.74) is 2.09. The van der Waals surface area contributed by atoms with Crippen molar-refractivity contribution >= 4 is 27.5 Å². The third-order valence-electron chi connectivity index (χ3n) is 6.90. The number of hydrogen-bond acceptors (Lipinski definition) is 7. The Hall–Kier alpha value is -2.91. The summed E-state index contributed by atoms with van der Waals surface area (Å²) in [5.74, 6) is 1.80. The van der Waals surface area contributed by atoms with Crippen molar-refractivity contribution < 1.29 is 14.3 Å². The molecule has 0 spiro atoms. The minimum Gasteiger partial charge on any atom is -0.493 e. The number of fused-ring (bicyclic) bond motifs is 3. The predicted octanol–water partition coefficient (Wildman–Crippen LogP) is 3.55. The van der Waals surface area contributed by atoms with Gasteiger partial charge in [0, 0.05) is 11.4 Å². The Morgan fingerprint density at radius 1 is 1.14 bits per heavy atom. The zero-order valence-corrected chi connectivity index (χ0v) is 22.5. The number of benzene rings is 1. The van der Waals surface area contributed by atoms with Crippen LogP contribution in [0.4, 0.5) is 0 Å². The second-order valence-electron chi connectivity index (χ2n) is 9.06. The maximum Gasteiger partial charge on any atom is 0.263 e. The molecule has 0 unspecified atom stereocenters. The van der Waals surface area contributed by atoms with E-state index in [2.05, 4.69) is 24.1 Å². The first-order valence-electron chi connectivity index (χ1n) is 12.7. The molecule has 0 aliphatic heterocycles. The molecule has 1 aliphatic carbocycles. The van der Waals surface area contributed by atoms with E-state index in [1.54, 1.807) is 30.1 Å². The van der Waals surface area contributed by atoms with Crippen LogP contribution in [0.2, 0.25) is 0 Å². The van der Waals surface area contributed by atoms with Crippen molar-refractivity contribution in [2.45, 2.75) is 59.0 Å². The predicted molar refractivity (Wildman–Crippen MR) is 143 cm³/mol. The van der Waals surface area contributed by atoms with E-state index < -0.39 is 0 Å². The maximum atomic E-state index is 13.7. The third kappa shape index (κ3) is 5.57. The first-order chi connectivity index (χ1) is 17.5. The van der Waals surface area contributed by atoms with Crippen molar-refractivity contribution in [1.29, 1.82) is 0 Å². The number of methoxy groups -OCH3 is 2. The summed E-state index contributed by atoms with van der Waals surface area (Å²) in [6.45, 7) is 6.85. The SMILES string of the molecule is CCN(CC)Cc1nc2sc3c(c2c(=O)n1CC(=O)NCCc1ccc(OC)c(OC)c1)CCCC3. The lowest BCUT2D eigenvalue weighted by Crippen LogP contribution is -2.37. The van der Waals surface area contributed by atoms with E-state index in [0.717, 1.165) is 60.1 Å². The summed E-state index contributed by atoms with van der Waals surface area (Å²) in [4.78, 5) is 35.9. The van der Waals surface area contributed by atoms with Gasteiger partial charge in [-0.15, -0.1) is 11.3 Å². The molecular formula is C27H36N4O4S. The molecule has 1 amide bonds. The van der Waals surface area contributed by atoms with Crippen LogP contribution in [-0.4, -0.2) is 54.2 Å². The molecule has 2 heterocycles. The van der Waals surface area contributed by atoms with Gasteiger partial charge in [0.05, 0.1) is 26.2 Å². The zero-order valence-electron chi connectivity index (χ0n) is 21.7. The van der Waals surface area contributed by atoms with Gasteiger partial charge < -0.3 is 14.8 Å². The molecular weight excluding hydrogens is 476 g/mol. The Bertz CT molecular complexity index is 1280. The molecule has 0 saturated carbocycles. The average molecular weight is 513 g/mol. The number of rotatable bonds is 11. The highest BCUT2D eigenvalue weighted by molar-refractivity contribution is 7.18. The van der Waals surface area contributed by atoms with E-state index in [1.165, 1.54) is 4.88 Å². The summed E-state index contributed by atoms with van der Waals surface area (Å²) < 4.78 is 12.2. The Morgan fingerprint density at radius 2 is 1.89 bits per heavy atom. The van der Waals surface area contributed by atoms with E-state index in [0.29, 0.717) is 36.8 Å². The summed E-state index contributed by atoms with van der Waals surface area (Å²) in [7, 11) is 3.21. The highest BCUT2D eigenvalue weighted by atomic mass is 32.1. The van der Waals surface area contributed by atoms with E-state index >= 15 is 0 Å². The van der Waals surface area contributed by atoms with Crippen LogP contribution in [0.1, 0.15) is 48.5 Å². The Morgan fingerprint density at radius 3 is 2.61 bits per heavy atom. The summed E-state index contributed by atoms with van der Waals surface area (Å²) in [6.07, 6.45) is 4.82. The van der Waals surface area contributed by atoms with Gasteiger partial charge in [0.25, 0.3) is 5.56 Å². The van der Waals surface area contributed by atoms with Crippen molar-refractivity contribution in [3.05, 3.63) is 50.4 Å². The molecule has 3 aromatic rings. The number of hydrogen-bond donors (Lipinski definition) is 1. The number of nitrogens with zero attached hydrogens (tertiary/aromatic N) is 3. The van der Waals surface area contributed by atoms with Crippen LogP contribution in [-0.2, 0) is 37.1 Å². The second-order valence-corrected chi connectivity index (χ2v) is 10.1. The van der Waals surface area contributed by atoms with Gasteiger partial charge in [0.2, 0.25) is 5.91 Å². The molecule has 1 N–H and O–H groups in total. The monoisotopic (exact) mass is 512 g/mol. The standard InChI is InChI=1S/C27H36N4O4S/c1-5-30(6-2)16-23-29-26-25(19-9-7-8-10-22(19)36-26)27(33)31(23)17-24(32)28-14-13-18-11-12-20(34-3)21(15-18)35-4/h11-12,15H,5-10,13-14,16-17H2,1-4H3,(H,28,32). The first kappa shape index (κ1) is 26.2. The quantitative estimate of drug-likeness (QED) is 0.423. The van der Waals surface area contributed by atoms with Gasteiger partial charge >= 0.3 is 0 Å². The van der Waals surface area contributed by atoms with Crippen LogP contribution in [0.25, 0.3) is 10.2 Å². The number of ether oxygens (including phenoxy) is 2. The molecule has 0 radical (unpaired) electrons. The molecule has 194 valence electrons. The van der Waals surface area contributed by atoms with Crippen LogP contribution >= 0.6 is 11.3 Å². The van der Waals surface area contributed by atoms with Crippen molar-refractivity contribution in [1.82, 2.24) is 19.8 Å². The molecule has 4 rings (SSSR count). The van der Waals surface area contributed by atoms with Crippen LogP contribution in [0, 0.1) is 0 Å². The van der Waals surface area contributed by atoms with Crippen molar-refractivity contribution in [2.24, 2.45) is 0 Å². The van der Waals surface area contributed by atoms with Gasteiger partial charge in [-0.05, 0) is 68.5 Å². The van der Waals surface area contributed by atoms with Gasteiger partial charge in [-0.25, -0.2) is 4.98 Å². The minimum atomic E-state index is -0.191.